The van der Waals surface area contributed by atoms with E-state index in [9.17, 15) is 9.90 Å². The van der Waals surface area contributed by atoms with Gasteiger partial charge in [-0.2, -0.15) is 0 Å². The second-order valence-electron chi connectivity index (χ2n) is 5.76. The minimum Gasteiger partial charge on any atom is -0.383 e. The standard InChI is InChI=1S/C19H25NO2/c1-3-4-5-6-7-8-13-17(21)18-14(2)19(22)15-11-9-10-12-16(15)20-18/h8-13,17,21H,3-7H2,1-2H3,(H,20,22)/b13-8+. The summed E-state index contributed by atoms with van der Waals surface area (Å²) in [7, 11) is 0. The first-order valence-corrected chi connectivity index (χ1v) is 8.11. The van der Waals surface area contributed by atoms with Gasteiger partial charge in [0.05, 0.1) is 5.69 Å². The number of aromatic nitrogens is 1. The predicted octanol–water partition coefficient (Wildman–Crippen LogP) is 4.40. The van der Waals surface area contributed by atoms with Gasteiger partial charge in [-0.15, -0.1) is 0 Å². The normalized spacial score (nSPS) is 13.0. The van der Waals surface area contributed by atoms with Crippen LogP contribution >= 0.6 is 0 Å². The number of hydrogen-bond donors (Lipinski definition) is 2. The molecule has 0 spiro atoms. The monoisotopic (exact) mass is 299 g/mol. The lowest BCUT2D eigenvalue weighted by atomic mass is 10.0. The number of aliphatic hydroxyl groups is 1. The molecule has 0 saturated heterocycles. The summed E-state index contributed by atoms with van der Waals surface area (Å²) >= 11 is 0. The van der Waals surface area contributed by atoms with Crippen LogP contribution in [0, 0.1) is 6.92 Å². The molecular formula is C19H25NO2. The zero-order valence-electron chi connectivity index (χ0n) is 13.4. The molecule has 0 saturated carbocycles. The summed E-state index contributed by atoms with van der Waals surface area (Å²) in [6.07, 6.45) is 8.84. The van der Waals surface area contributed by atoms with Crippen molar-refractivity contribution in [3.63, 3.8) is 0 Å². The number of fused-ring (bicyclic) bond motifs is 1. The number of hydrogen-bond acceptors (Lipinski definition) is 2. The number of unbranched alkanes of at least 4 members (excludes halogenated alkanes) is 4. The molecule has 1 aromatic heterocycles. The fourth-order valence-corrected chi connectivity index (χ4v) is 2.66. The molecular weight excluding hydrogens is 274 g/mol. The fourth-order valence-electron chi connectivity index (χ4n) is 2.66. The summed E-state index contributed by atoms with van der Waals surface area (Å²) in [4.78, 5) is 15.5. The van der Waals surface area contributed by atoms with Crippen LogP contribution in [-0.4, -0.2) is 10.1 Å². The summed E-state index contributed by atoms with van der Waals surface area (Å²) < 4.78 is 0. The van der Waals surface area contributed by atoms with Gasteiger partial charge in [0.25, 0.3) is 0 Å². The zero-order chi connectivity index (χ0) is 15.9. The van der Waals surface area contributed by atoms with Crippen LogP contribution in [0.3, 0.4) is 0 Å². The first kappa shape index (κ1) is 16.5. The number of rotatable bonds is 7. The second-order valence-corrected chi connectivity index (χ2v) is 5.76. The van der Waals surface area contributed by atoms with Crippen LogP contribution < -0.4 is 5.43 Å². The molecule has 0 aliphatic carbocycles. The van der Waals surface area contributed by atoms with Gasteiger partial charge in [-0.05, 0) is 31.9 Å². The van der Waals surface area contributed by atoms with Crippen molar-refractivity contribution in [3.8, 4) is 0 Å². The molecule has 0 fully saturated rings. The maximum absolute atomic E-state index is 12.3. The molecule has 0 bridgehead atoms. The molecule has 22 heavy (non-hydrogen) atoms. The molecule has 118 valence electrons. The average Bonchev–Trinajstić information content (AvgIpc) is 2.54. The van der Waals surface area contributed by atoms with E-state index in [4.69, 9.17) is 0 Å². The van der Waals surface area contributed by atoms with Crippen molar-refractivity contribution in [2.24, 2.45) is 0 Å². The zero-order valence-corrected chi connectivity index (χ0v) is 13.4. The lowest BCUT2D eigenvalue weighted by molar-refractivity contribution is 0.222. The van der Waals surface area contributed by atoms with Crippen molar-refractivity contribution in [2.75, 3.05) is 0 Å². The number of aliphatic hydroxyl groups excluding tert-OH is 1. The Hall–Kier alpha value is -1.87. The maximum atomic E-state index is 12.3. The Morgan fingerprint density at radius 1 is 1.23 bits per heavy atom. The Balaban J connectivity index is 2.14. The highest BCUT2D eigenvalue weighted by Gasteiger charge is 2.12. The quantitative estimate of drug-likeness (QED) is 0.588. The van der Waals surface area contributed by atoms with E-state index in [2.05, 4.69) is 11.9 Å². The maximum Gasteiger partial charge on any atom is 0.192 e. The van der Waals surface area contributed by atoms with Gasteiger partial charge >= 0.3 is 0 Å². The van der Waals surface area contributed by atoms with E-state index in [0.717, 1.165) is 18.4 Å². The highest BCUT2D eigenvalue weighted by molar-refractivity contribution is 5.79. The summed E-state index contributed by atoms with van der Waals surface area (Å²) in [5.41, 5.74) is 1.93. The number of H-pyrrole nitrogens is 1. The molecule has 0 radical (unpaired) electrons. The summed E-state index contributed by atoms with van der Waals surface area (Å²) in [5, 5.41) is 11.0. The Morgan fingerprint density at radius 2 is 2.00 bits per heavy atom. The molecule has 3 heteroatoms. The predicted molar refractivity (Wildman–Crippen MR) is 92.2 cm³/mol. The van der Waals surface area contributed by atoms with E-state index in [0.29, 0.717) is 16.6 Å². The Kier molecular flexibility index (Phi) is 5.96. The van der Waals surface area contributed by atoms with E-state index < -0.39 is 6.10 Å². The van der Waals surface area contributed by atoms with E-state index in [-0.39, 0.29) is 5.43 Å². The van der Waals surface area contributed by atoms with Crippen molar-refractivity contribution in [2.45, 2.75) is 52.1 Å². The van der Waals surface area contributed by atoms with Crippen molar-refractivity contribution < 1.29 is 5.11 Å². The van der Waals surface area contributed by atoms with Gasteiger partial charge in [0.15, 0.2) is 5.43 Å². The highest BCUT2D eigenvalue weighted by Crippen LogP contribution is 2.18. The number of pyridine rings is 1. The molecule has 1 heterocycles. The number of allylic oxidation sites excluding steroid dienone is 1. The smallest absolute Gasteiger partial charge is 0.192 e. The van der Waals surface area contributed by atoms with Crippen LogP contribution in [0.15, 0.2) is 41.2 Å². The van der Waals surface area contributed by atoms with Gasteiger partial charge in [0, 0.05) is 16.5 Å². The van der Waals surface area contributed by atoms with Crippen molar-refractivity contribution in [1.29, 1.82) is 0 Å². The van der Waals surface area contributed by atoms with E-state index in [1.807, 2.05) is 24.3 Å². The third-order valence-corrected chi connectivity index (χ3v) is 4.02. The largest absolute Gasteiger partial charge is 0.383 e. The molecule has 2 rings (SSSR count). The molecule has 3 nitrogen and oxygen atoms in total. The van der Waals surface area contributed by atoms with E-state index in [1.165, 1.54) is 19.3 Å². The van der Waals surface area contributed by atoms with E-state index >= 15 is 0 Å². The molecule has 0 aliphatic heterocycles. The van der Waals surface area contributed by atoms with Gasteiger partial charge in [-0.1, -0.05) is 50.5 Å². The molecule has 1 atom stereocenters. The van der Waals surface area contributed by atoms with Crippen molar-refractivity contribution in [1.82, 2.24) is 4.98 Å². The summed E-state index contributed by atoms with van der Waals surface area (Å²) in [5.74, 6) is 0. The number of aromatic amines is 1. The van der Waals surface area contributed by atoms with Gasteiger partial charge in [-0.3, -0.25) is 4.79 Å². The highest BCUT2D eigenvalue weighted by atomic mass is 16.3. The number of para-hydroxylation sites is 1. The second kappa shape index (κ2) is 7.95. The average molecular weight is 299 g/mol. The van der Waals surface area contributed by atoms with E-state index in [1.54, 1.807) is 19.1 Å². The van der Waals surface area contributed by atoms with Gasteiger partial charge in [0.1, 0.15) is 6.10 Å². The third-order valence-electron chi connectivity index (χ3n) is 4.02. The molecule has 1 aromatic carbocycles. The van der Waals surface area contributed by atoms with Crippen LogP contribution in [-0.2, 0) is 0 Å². The molecule has 1 unspecified atom stereocenters. The van der Waals surface area contributed by atoms with Crippen molar-refractivity contribution in [3.05, 3.63) is 57.9 Å². The molecule has 0 aliphatic rings. The Bertz CT molecular complexity index is 700. The molecule has 2 aromatic rings. The fraction of sp³-hybridized carbons (Fsp3) is 0.421. The van der Waals surface area contributed by atoms with Crippen LogP contribution in [0.5, 0.6) is 0 Å². The lowest BCUT2D eigenvalue weighted by Gasteiger charge is -2.11. The van der Waals surface area contributed by atoms with Crippen LogP contribution in [0.25, 0.3) is 10.9 Å². The minimum absolute atomic E-state index is 0.0141. The van der Waals surface area contributed by atoms with Gasteiger partial charge < -0.3 is 10.1 Å². The minimum atomic E-state index is -0.761. The first-order chi connectivity index (χ1) is 10.6. The molecule has 2 N–H and O–H groups in total. The van der Waals surface area contributed by atoms with Gasteiger partial charge in [-0.25, -0.2) is 0 Å². The first-order valence-electron chi connectivity index (χ1n) is 8.11. The number of benzene rings is 1. The Morgan fingerprint density at radius 3 is 2.77 bits per heavy atom. The Labute approximate surface area is 131 Å². The van der Waals surface area contributed by atoms with Crippen molar-refractivity contribution >= 4 is 10.9 Å². The molecule has 0 amide bonds. The van der Waals surface area contributed by atoms with Crippen LogP contribution in [0.4, 0.5) is 0 Å². The lowest BCUT2D eigenvalue weighted by Crippen LogP contribution is -2.13. The SMILES string of the molecule is CCCCCC/C=C/C(O)c1[nH]c2ccccc2c(=O)c1C. The van der Waals surface area contributed by atoms with Crippen LogP contribution in [0.1, 0.15) is 56.4 Å². The number of nitrogens with one attached hydrogen (secondary N) is 1. The van der Waals surface area contributed by atoms with Gasteiger partial charge in [0.2, 0.25) is 0 Å². The van der Waals surface area contributed by atoms with Crippen LogP contribution in [0.2, 0.25) is 0 Å². The third kappa shape index (κ3) is 3.86. The summed E-state index contributed by atoms with van der Waals surface area (Å²) in [6.45, 7) is 3.96. The topological polar surface area (TPSA) is 53.1 Å². The summed E-state index contributed by atoms with van der Waals surface area (Å²) in [6, 6.07) is 7.40.